The molecule has 2 atom stereocenters. The van der Waals surface area contributed by atoms with Gasteiger partial charge < -0.3 is 18.8 Å². The lowest BCUT2D eigenvalue weighted by Gasteiger charge is -2.46. The Labute approximate surface area is 258 Å². The van der Waals surface area contributed by atoms with Crippen LogP contribution in [0.25, 0.3) is 16.6 Å². The molecule has 238 valence electrons. The van der Waals surface area contributed by atoms with E-state index in [0.29, 0.717) is 54.2 Å². The lowest BCUT2D eigenvalue weighted by Crippen LogP contribution is -2.52. The number of amides is 1. The Hall–Kier alpha value is -2.92. The number of hydrogen-bond acceptors (Lipinski definition) is 6. The number of carbonyl (C=O) groups excluding carboxylic acids is 1. The van der Waals surface area contributed by atoms with Crippen molar-refractivity contribution in [1.29, 1.82) is 0 Å². The molecule has 1 aromatic carbocycles. The van der Waals surface area contributed by atoms with Gasteiger partial charge >= 0.3 is 0 Å². The fraction of sp³-hybridized carbons (Fsp3) is 0.588. The van der Waals surface area contributed by atoms with Gasteiger partial charge in [-0.05, 0) is 68.5 Å². The fourth-order valence-corrected chi connectivity index (χ4v) is 7.15. The molecule has 6 rings (SSSR count). The predicted octanol–water partition coefficient (Wildman–Crippen LogP) is 4.99. The molecule has 2 aromatic heterocycles. The summed E-state index contributed by atoms with van der Waals surface area (Å²) in [7, 11) is 0. The lowest BCUT2D eigenvalue weighted by atomic mass is 9.85. The molecule has 0 unspecified atom stereocenters. The van der Waals surface area contributed by atoms with Crippen LogP contribution in [0.1, 0.15) is 61.3 Å². The zero-order valence-corrected chi connectivity index (χ0v) is 26.4. The van der Waals surface area contributed by atoms with Crippen LogP contribution in [0.5, 0.6) is 0 Å². The molecule has 0 saturated carbocycles. The Morgan fingerprint density at radius 1 is 1.05 bits per heavy atom. The molecular weight excluding hydrogens is 564 g/mol. The van der Waals surface area contributed by atoms with Crippen LogP contribution < -0.4 is 0 Å². The average molecular weight is 610 g/mol. The van der Waals surface area contributed by atoms with Gasteiger partial charge in [-0.1, -0.05) is 19.9 Å². The Kier molecular flexibility index (Phi) is 9.33. The number of likely N-dealkylation sites (tertiary alicyclic amines) is 1. The number of aryl methyl sites for hydroxylation is 1. The van der Waals surface area contributed by atoms with Crippen molar-refractivity contribution in [3.05, 3.63) is 59.2 Å². The number of pyridine rings is 1. The third-order valence-corrected chi connectivity index (χ3v) is 9.72. The lowest BCUT2D eigenvalue weighted by molar-refractivity contribution is 0.00361. The third-order valence-electron chi connectivity index (χ3n) is 9.72. The van der Waals surface area contributed by atoms with Crippen molar-refractivity contribution in [3.63, 3.8) is 0 Å². The van der Waals surface area contributed by atoms with Crippen LogP contribution in [-0.2, 0) is 9.47 Å². The second-order valence-corrected chi connectivity index (χ2v) is 13.0. The number of aromatic nitrogens is 2. The molecule has 3 aromatic rings. The maximum absolute atomic E-state index is 15.4. The molecule has 3 aliphatic heterocycles. The SMILES string of the molecule is Cc1nc(F)c2c(-c3ccc(F)cc3C(=O)N3CCOC[C@H]3C)cc(C3CN([C@@H](CCCN4CCOCC4)C(C)C)C3)cn12. The highest BCUT2D eigenvalue weighted by Gasteiger charge is 2.36. The summed E-state index contributed by atoms with van der Waals surface area (Å²) in [5.74, 6) is -0.0273. The Balaban J connectivity index is 1.27. The van der Waals surface area contributed by atoms with Crippen molar-refractivity contribution >= 4 is 11.4 Å². The topological polar surface area (TPSA) is 62.6 Å². The molecule has 3 saturated heterocycles. The van der Waals surface area contributed by atoms with Crippen molar-refractivity contribution in [2.75, 3.05) is 65.7 Å². The van der Waals surface area contributed by atoms with E-state index in [-0.39, 0.29) is 23.4 Å². The van der Waals surface area contributed by atoms with E-state index in [1.807, 2.05) is 19.2 Å². The summed E-state index contributed by atoms with van der Waals surface area (Å²) < 4.78 is 42.8. The minimum atomic E-state index is -0.595. The number of fused-ring (bicyclic) bond motifs is 1. The van der Waals surface area contributed by atoms with E-state index >= 15 is 4.39 Å². The monoisotopic (exact) mass is 609 g/mol. The second-order valence-electron chi connectivity index (χ2n) is 13.0. The first-order valence-corrected chi connectivity index (χ1v) is 16.1. The van der Waals surface area contributed by atoms with Gasteiger partial charge in [0.2, 0.25) is 5.95 Å². The summed E-state index contributed by atoms with van der Waals surface area (Å²) in [4.78, 5) is 24.7. The quantitative estimate of drug-likeness (QED) is 0.341. The third kappa shape index (κ3) is 6.27. The zero-order chi connectivity index (χ0) is 31.0. The average Bonchev–Trinajstić information content (AvgIpc) is 3.28. The number of rotatable bonds is 9. The van der Waals surface area contributed by atoms with E-state index in [9.17, 15) is 9.18 Å². The number of ether oxygens (including phenoxy) is 2. The van der Waals surface area contributed by atoms with E-state index in [1.54, 1.807) is 22.3 Å². The molecule has 3 fully saturated rings. The van der Waals surface area contributed by atoms with E-state index in [1.165, 1.54) is 12.1 Å². The van der Waals surface area contributed by atoms with Crippen molar-refractivity contribution in [2.24, 2.45) is 5.92 Å². The van der Waals surface area contributed by atoms with Gasteiger partial charge in [0, 0.05) is 56.4 Å². The second kappa shape index (κ2) is 13.2. The number of nitrogens with zero attached hydrogens (tertiary/aromatic N) is 5. The van der Waals surface area contributed by atoms with Crippen molar-refractivity contribution < 1.29 is 23.0 Å². The first-order chi connectivity index (χ1) is 21.2. The minimum Gasteiger partial charge on any atom is -0.379 e. The van der Waals surface area contributed by atoms with Crippen LogP contribution >= 0.6 is 0 Å². The smallest absolute Gasteiger partial charge is 0.254 e. The molecule has 1 amide bonds. The van der Waals surface area contributed by atoms with Gasteiger partial charge in [0.15, 0.2) is 0 Å². The zero-order valence-electron chi connectivity index (χ0n) is 26.4. The number of halogens is 2. The molecule has 0 spiro atoms. The van der Waals surface area contributed by atoms with Crippen molar-refractivity contribution in [1.82, 2.24) is 24.1 Å². The van der Waals surface area contributed by atoms with Crippen LogP contribution in [0.15, 0.2) is 30.5 Å². The maximum atomic E-state index is 15.4. The van der Waals surface area contributed by atoms with E-state index in [2.05, 4.69) is 28.6 Å². The van der Waals surface area contributed by atoms with Crippen LogP contribution in [0.2, 0.25) is 0 Å². The highest BCUT2D eigenvalue weighted by atomic mass is 19.1. The maximum Gasteiger partial charge on any atom is 0.254 e. The summed E-state index contributed by atoms with van der Waals surface area (Å²) in [5, 5.41) is 0. The highest BCUT2D eigenvalue weighted by molar-refractivity contribution is 6.03. The van der Waals surface area contributed by atoms with Gasteiger partial charge in [-0.3, -0.25) is 14.6 Å². The van der Waals surface area contributed by atoms with Crippen molar-refractivity contribution in [3.8, 4) is 11.1 Å². The molecule has 44 heavy (non-hydrogen) atoms. The van der Waals surface area contributed by atoms with Gasteiger partial charge in [0.05, 0.1) is 38.0 Å². The Bertz CT molecular complexity index is 1480. The summed E-state index contributed by atoms with van der Waals surface area (Å²) in [6.45, 7) is 16.2. The molecule has 0 aliphatic carbocycles. The van der Waals surface area contributed by atoms with E-state index < -0.39 is 11.8 Å². The molecule has 5 heterocycles. The van der Waals surface area contributed by atoms with Gasteiger partial charge in [-0.2, -0.15) is 4.39 Å². The molecule has 10 heteroatoms. The van der Waals surface area contributed by atoms with Crippen LogP contribution in [0, 0.1) is 24.6 Å². The molecule has 0 N–H and O–H groups in total. The van der Waals surface area contributed by atoms with Crippen LogP contribution in [0.4, 0.5) is 8.78 Å². The first kappa shape index (κ1) is 31.1. The number of imidazole rings is 1. The summed E-state index contributed by atoms with van der Waals surface area (Å²) >= 11 is 0. The van der Waals surface area contributed by atoms with E-state index in [0.717, 1.165) is 64.3 Å². The standard InChI is InChI=1S/C34H45F2N5O3/c1-22(2)31(6-5-9-38-10-13-43-14-11-38)39-18-26(19-39)25-16-29(32-33(36)37-24(4)41(32)20-25)28-8-7-27(35)17-30(28)34(42)40-12-15-44-21-23(40)3/h7-8,16-17,20,22-23,26,31H,5-6,9-15,18-19,21H2,1-4H3/t23-,31+/m1/s1. The van der Waals surface area contributed by atoms with Gasteiger partial charge in [0.1, 0.15) is 17.2 Å². The summed E-state index contributed by atoms with van der Waals surface area (Å²) in [5.41, 5.74) is 2.68. The molecular formula is C34H45F2N5O3. The highest BCUT2D eigenvalue weighted by Crippen LogP contribution is 2.38. The number of hydrogen-bond donors (Lipinski definition) is 0. The first-order valence-electron chi connectivity index (χ1n) is 16.1. The molecule has 0 bridgehead atoms. The van der Waals surface area contributed by atoms with Crippen LogP contribution in [-0.4, -0.2) is 108 Å². The molecule has 3 aliphatic rings. The number of benzene rings is 1. The summed E-state index contributed by atoms with van der Waals surface area (Å²) in [6, 6.07) is 6.58. The van der Waals surface area contributed by atoms with Gasteiger partial charge in [0.25, 0.3) is 5.91 Å². The number of morpholine rings is 2. The Morgan fingerprint density at radius 2 is 1.80 bits per heavy atom. The van der Waals surface area contributed by atoms with Crippen molar-refractivity contribution in [2.45, 2.75) is 58.5 Å². The normalized spacial score (nSPS) is 21.2. The minimum absolute atomic E-state index is 0.142. The largest absolute Gasteiger partial charge is 0.379 e. The Morgan fingerprint density at radius 3 is 2.52 bits per heavy atom. The molecule has 0 radical (unpaired) electrons. The van der Waals surface area contributed by atoms with Crippen LogP contribution in [0.3, 0.4) is 0 Å². The number of carbonyl (C=O) groups is 1. The fourth-order valence-electron chi connectivity index (χ4n) is 7.15. The van der Waals surface area contributed by atoms with Gasteiger partial charge in [-0.25, -0.2) is 9.37 Å². The molecule has 8 nitrogen and oxygen atoms in total. The predicted molar refractivity (Wildman–Crippen MR) is 166 cm³/mol. The summed E-state index contributed by atoms with van der Waals surface area (Å²) in [6.07, 6.45) is 4.31. The van der Waals surface area contributed by atoms with E-state index in [4.69, 9.17) is 9.47 Å². The van der Waals surface area contributed by atoms with Gasteiger partial charge in [-0.15, -0.1) is 0 Å².